The predicted molar refractivity (Wildman–Crippen MR) is 51.4 cm³/mol. The lowest BCUT2D eigenvalue weighted by Crippen LogP contribution is -2.23. The zero-order valence-corrected chi connectivity index (χ0v) is 8.14. The molecular formula is C11H16O2. The summed E-state index contributed by atoms with van der Waals surface area (Å²) < 4.78 is 0. The second-order valence-electron chi connectivity index (χ2n) is 3.63. The largest absolute Gasteiger partial charge is 0.300 e. The van der Waals surface area contributed by atoms with E-state index in [0.29, 0.717) is 19.3 Å². The first-order valence-corrected chi connectivity index (χ1v) is 4.87. The number of ketones is 2. The number of carbonyl (C=O) groups is 2. The van der Waals surface area contributed by atoms with Crippen LogP contribution in [-0.4, -0.2) is 11.6 Å². The first-order chi connectivity index (χ1) is 6.15. The van der Waals surface area contributed by atoms with Crippen LogP contribution in [0.3, 0.4) is 0 Å². The van der Waals surface area contributed by atoms with Crippen molar-refractivity contribution in [3.05, 3.63) is 12.2 Å². The van der Waals surface area contributed by atoms with Crippen LogP contribution in [0.15, 0.2) is 12.2 Å². The fourth-order valence-electron chi connectivity index (χ4n) is 1.70. The summed E-state index contributed by atoms with van der Waals surface area (Å²) in [7, 11) is 0. The Balaban J connectivity index is 2.59. The van der Waals surface area contributed by atoms with E-state index in [0.717, 1.165) is 18.4 Å². The third-order valence-electron chi connectivity index (χ3n) is 2.63. The van der Waals surface area contributed by atoms with Crippen LogP contribution in [0.2, 0.25) is 0 Å². The molecule has 0 N–H and O–H groups in total. The summed E-state index contributed by atoms with van der Waals surface area (Å²) in [5.74, 6) is 0.209. The van der Waals surface area contributed by atoms with Crippen LogP contribution in [0.25, 0.3) is 0 Å². The summed E-state index contributed by atoms with van der Waals surface area (Å²) in [6.45, 7) is 5.69. The molecule has 0 heterocycles. The van der Waals surface area contributed by atoms with Gasteiger partial charge in [0.05, 0.1) is 0 Å². The van der Waals surface area contributed by atoms with E-state index in [-0.39, 0.29) is 17.5 Å². The van der Waals surface area contributed by atoms with Crippen LogP contribution >= 0.6 is 0 Å². The van der Waals surface area contributed by atoms with Crippen molar-refractivity contribution in [2.24, 2.45) is 5.92 Å². The highest BCUT2D eigenvalue weighted by atomic mass is 16.1. The molecule has 1 aliphatic carbocycles. The molecule has 0 aromatic heterocycles. The SMILES string of the molecule is C=C1CCCC(=O)C1CC(=O)CC. The monoisotopic (exact) mass is 180 g/mol. The van der Waals surface area contributed by atoms with Crippen molar-refractivity contribution in [2.75, 3.05) is 0 Å². The number of hydrogen-bond donors (Lipinski definition) is 0. The van der Waals surface area contributed by atoms with Gasteiger partial charge in [-0.1, -0.05) is 19.1 Å². The van der Waals surface area contributed by atoms with Gasteiger partial charge in [-0.05, 0) is 12.8 Å². The zero-order valence-electron chi connectivity index (χ0n) is 8.14. The minimum absolute atomic E-state index is 0.166. The molecule has 0 amide bonds. The van der Waals surface area contributed by atoms with Crippen LogP contribution in [0.1, 0.15) is 39.0 Å². The maximum Gasteiger partial charge on any atom is 0.140 e. The maximum atomic E-state index is 11.4. The highest BCUT2D eigenvalue weighted by Gasteiger charge is 2.26. The minimum atomic E-state index is -0.166. The van der Waals surface area contributed by atoms with E-state index in [1.165, 1.54) is 0 Å². The van der Waals surface area contributed by atoms with Crippen molar-refractivity contribution < 1.29 is 9.59 Å². The van der Waals surface area contributed by atoms with E-state index in [1.807, 2.05) is 6.92 Å². The van der Waals surface area contributed by atoms with Crippen molar-refractivity contribution in [1.29, 1.82) is 0 Å². The van der Waals surface area contributed by atoms with Gasteiger partial charge in [-0.3, -0.25) is 9.59 Å². The van der Waals surface area contributed by atoms with Gasteiger partial charge in [0.25, 0.3) is 0 Å². The molecule has 2 nitrogen and oxygen atoms in total. The summed E-state index contributed by atoms with van der Waals surface area (Å²) in [6, 6.07) is 0. The van der Waals surface area contributed by atoms with Gasteiger partial charge in [-0.25, -0.2) is 0 Å². The molecule has 2 heteroatoms. The molecule has 0 aromatic rings. The molecule has 1 aliphatic rings. The van der Waals surface area contributed by atoms with Gasteiger partial charge in [-0.15, -0.1) is 0 Å². The highest BCUT2D eigenvalue weighted by Crippen LogP contribution is 2.28. The summed E-state index contributed by atoms with van der Waals surface area (Å²) in [5, 5.41) is 0. The summed E-state index contributed by atoms with van der Waals surface area (Å²) >= 11 is 0. The standard InChI is InChI=1S/C11H16O2/c1-3-9(12)7-10-8(2)5-4-6-11(10)13/h10H,2-7H2,1H3. The molecule has 0 aromatic carbocycles. The molecule has 1 atom stereocenters. The van der Waals surface area contributed by atoms with Crippen molar-refractivity contribution in [3.63, 3.8) is 0 Å². The van der Waals surface area contributed by atoms with Gasteiger partial charge in [0.2, 0.25) is 0 Å². The second kappa shape index (κ2) is 4.35. The molecule has 0 bridgehead atoms. The summed E-state index contributed by atoms with van der Waals surface area (Å²) in [4.78, 5) is 22.6. The third-order valence-corrected chi connectivity index (χ3v) is 2.63. The molecule has 0 aliphatic heterocycles. The first kappa shape index (κ1) is 10.2. The average molecular weight is 180 g/mol. The Labute approximate surface area is 79.0 Å². The van der Waals surface area contributed by atoms with Gasteiger partial charge >= 0.3 is 0 Å². The highest BCUT2D eigenvalue weighted by molar-refractivity contribution is 5.90. The van der Waals surface area contributed by atoms with E-state index in [4.69, 9.17) is 0 Å². The Morgan fingerprint density at radius 3 is 2.77 bits per heavy atom. The normalized spacial score (nSPS) is 23.3. The molecule has 1 saturated carbocycles. The van der Waals surface area contributed by atoms with Crippen LogP contribution in [0.4, 0.5) is 0 Å². The molecule has 0 saturated heterocycles. The first-order valence-electron chi connectivity index (χ1n) is 4.87. The Bertz CT molecular complexity index is 224. The van der Waals surface area contributed by atoms with Gasteiger partial charge < -0.3 is 0 Å². The lowest BCUT2D eigenvalue weighted by Gasteiger charge is -2.22. The van der Waals surface area contributed by atoms with Crippen LogP contribution in [-0.2, 0) is 9.59 Å². The fourth-order valence-corrected chi connectivity index (χ4v) is 1.70. The number of rotatable bonds is 3. The molecular weight excluding hydrogens is 164 g/mol. The smallest absolute Gasteiger partial charge is 0.140 e. The molecule has 13 heavy (non-hydrogen) atoms. The molecule has 72 valence electrons. The van der Waals surface area contributed by atoms with Crippen molar-refractivity contribution in [2.45, 2.75) is 39.0 Å². The Kier molecular flexibility index (Phi) is 3.40. The van der Waals surface area contributed by atoms with Gasteiger partial charge in [0.1, 0.15) is 11.6 Å². The molecule has 1 unspecified atom stereocenters. The van der Waals surface area contributed by atoms with E-state index in [1.54, 1.807) is 0 Å². The second-order valence-corrected chi connectivity index (χ2v) is 3.63. The Morgan fingerprint density at radius 1 is 1.54 bits per heavy atom. The van der Waals surface area contributed by atoms with Crippen LogP contribution in [0, 0.1) is 5.92 Å². The third kappa shape index (κ3) is 2.51. The fraction of sp³-hybridized carbons (Fsp3) is 0.636. The molecule has 0 spiro atoms. The van der Waals surface area contributed by atoms with Gasteiger partial charge in [-0.2, -0.15) is 0 Å². The number of carbonyl (C=O) groups excluding carboxylic acids is 2. The Hall–Kier alpha value is -0.920. The number of allylic oxidation sites excluding steroid dienone is 1. The van der Waals surface area contributed by atoms with Crippen LogP contribution < -0.4 is 0 Å². The van der Waals surface area contributed by atoms with Gasteiger partial charge in [0.15, 0.2) is 0 Å². The molecule has 0 radical (unpaired) electrons. The van der Waals surface area contributed by atoms with Crippen molar-refractivity contribution >= 4 is 11.6 Å². The lowest BCUT2D eigenvalue weighted by molar-refractivity contribution is -0.127. The van der Waals surface area contributed by atoms with Crippen molar-refractivity contribution in [3.8, 4) is 0 Å². The van der Waals surface area contributed by atoms with Crippen LogP contribution in [0.5, 0.6) is 0 Å². The average Bonchev–Trinajstić information content (AvgIpc) is 2.11. The quantitative estimate of drug-likeness (QED) is 0.624. The summed E-state index contributed by atoms with van der Waals surface area (Å²) in [5.41, 5.74) is 0.957. The minimum Gasteiger partial charge on any atom is -0.300 e. The number of Topliss-reactive ketones (excluding diaryl/α,β-unsaturated/α-hetero) is 2. The van der Waals surface area contributed by atoms with E-state index in [2.05, 4.69) is 6.58 Å². The van der Waals surface area contributed by atoms with Gasteiger partial charge in [0, 0.05) is 25.2 Å². The van der Waals surface area contributed by atoms with E-state index >= 15 is 0 Å². The maximum absolute atomic E-state index is 11.4. The van der Waals surface area contributed by atoms with Crippen molar-refractivity contribution in [1.82, 2.24) is 0 Å². The van der Waals surface area contributed by atoms with E-state index in [9.17, 15) is 9.59 Å². The van der Waals surface area contributed by atoms with E-state index < -0.39 is 0 Å². The topological polar surface area (TPSA) is 34.1 Å². The molecule has 1 rings (SSSR count). The summed E-state index contributed by atoms with van der Waals surface area (Å²) in [6.07, 6.45) is 3.35. The lowest BCUT2D eigenvalue weighted by atomic mass is 9.81. The molecule has 1 fully saturated rings. The predicted octanol–water partition coefficient (Wildman–Crippen LogP) is 2.28. The zero-order chi connectivity index (χ0) is 9.84. The Morgan fingerprint density at radius 2 is 2.23 bits per heavy atom. The number of hydrogen-bond acceptors (Lipinski definition) is 2.